The van der Waals surface area contributed by atoms with Crippen LogP contribution in [0.15, 0.2) is 22.1 Å². The fourth-order valence-corrected chi connectivity index (χ4v) is 2.53. The predicted octanol–water partition coefficient (Wildman–Crippen LogP) is -3.13. The van der Waals surface area contributed by atoms with Crippen molar-refractivity contribution in [1.82, 2.24) is 0 Å². The van der Waals surface area contributed by atoms with Crippen molar-refractivity contribution in [2.45, 2.75) is 24.5 Å². The molecule has 19 heavy (non-hydrogen) atoms. The van der Waals surface area contributed by atoms with Crippen molar-refractivity contribution >= 4 is 36.1 Å². The topological polar surface area (TPSA) is 67.8 Å². The number of carbonyl (C=O) groups excluding carboxylic acids is 1. The SMILES string of the molecule is CCC1([S-])C=c2cc3c(cc2CC1=O)=NC(N)=N3.[Na+]. The van der Waals surface area contributed by atoms with E-state index in [9.17, 15) is 4.79 Å². The van der Waals surface area contributed by atoms with Gasteiger partial charge in [0.2, 0.25) is 5.96 Å². The Labute approximate surface area is 138 Å². The second-order valence-corrected chi connectivity index (χ2v) is 5.34. The molecule has 3 rings (SSSR count). The van der Waals surface area contributed by atoms with Crippen LogP contribution in [0.5, 0.6) is 0 Å². The Hall–Kier alpha value is -0.620. The van der Waals surface area contributed by atoms with Crippen LogP contribution in [0.2, 0.25) is 0 Å². The number of rotatable bonds is 1. The van der Waals surface area contributed by atoms with Gasteiger partial charge in [-0.15, -0.1) is 0 Å². The van der Waals surface area contributed by atoms with Gasteiger partial charge < -0.3 is 23.2 Å². The Morgan fingerprint density at radius 3 is 2.84 bits per heavy atom. The van der Waals surface area contributed by atoms with Crippen LogP contribution in [-0.2, 0) is 23.8 Å². The summed E-state index contributed by atoms with van der Waals surface area (Å²) in [6, 6.07) is 3.80. The Balaban J connectivity index is 0.00000133. The molecule has 0 aromatic heterocycles. The molecule has 1 aliphatic heterocycles. The zero-order valence-corrected chi connectivity index (χ0v) is 13.8. The van der Waals surface area contributed by atoms with Gasteiger partial charge in [0, 0.05) is 6.42 Å². The first-order chi connectivity index (χ1) is 8.51. The number of hydrogen-bond acceptors (Lipinski definition) is 5. The monoisotopic (exact) mass is 281 g/mol. The molecule has 2 N–H and O–H groups in total. The van der Waals surface area contributed by atoms with Crippen LogP contribution in [0, 0.1) is 0 Å². The van der Waals surface area contributed by atoms with Crippen molar-refractivity contribution in [3.63, 3.8) is 0 Å². The van der Waals surface area contributed by atoms with Gasteiger partial charge in [-0.25, -0.2) is 9.98 Å². The molecule has 1 atom stereocenters. The maximum atomic E-state index is 12.1. The van der Waals surface area contributed by atoms with Gasteiger partial charge in [0.25, 0.3) is 0 Å². The molecule has 1 aromatic rings. The van der Waals surface area contributed by atoms with E-state index >= 15 is 0 Å². The summed E-state index contributed by atoms with van der Waals surface area (Å²) in [6.07, 6.45) is 2.87. The molecule has 4 nitrogen and oxygen atoms in total. The van der Waals surface area contributed by atoms with E-state index in [0.717, 1.165) is 21.8 Å². The molecule has 0 saturated heterocycles. The number of fused-ring (bicyclic) bond motifs is 2. The summed E-state index contributed by atoms with van der Waals surface area (Å²) in [6.45, 7) is 1.94. The van der Waals surface area contributed by atoms with Crippen molar-refractivity contribution in [2.24, 2.45) is 15.7 Å². The summed E-state index contributed by atoms with van der Waals surface area (Å²) >= 11 is 5.42. The second-order valence-electron chi connectivity index (χ2n) is 4.61. The molecule has 92 valence electrons. The molecule has 2 aliphatic rings. The number of nitrogens with two attached hydrogens (primary N) is 1. The van der Waals surface area contributed by atoms with Crippen molar-refractivity contribution in [3.8, 4) is 0 Å². The number of guanidine groups is 1. The third-order valence-corrected chi connectivity index (χ3v) is 4.08. The molecule has 0 spiro atoms. The standard InChI is InChI=1S/C13H13N3OS.Na/c1-2-13(18)6-8-4-10-9(15-12(14)16-10)3-7(8)5-11(13)17;/h3-4,6,18H,2,5H2,1H3,(H2,14,16);/q;+1/p-1. The minimum Gasteiger partial charge on any atom is -0.774 e. The molecular formula is C13H12N3NaOS. The average Bonchev–Trinajstić information content (AvgIpc) is 2.67. The maximum absolute atomic E-state index is 12.1. The summed E-state index contributed by atoms with van der Waals surface area (Å²) in [5.41, 5.74) is 7.29. The van der Waals surface area contributed by atoms with Gasteiger partial charge in [-0.2, -0.15) is 0 Å². The van der Waals surface area contributed by atoms with E-state index in [4.69, 9.17) is 18.4 Å². The Morgan fingerprint density at radius 2 is 2.16 bits per heavy atom. The number of Topliss-reactive ketones (excluding diaryl/α,β-unsaturated/α-hetero) is 1. The molecule has 0 amide bonds. The van der Waals surface area contributed by atoms with E-state index in [-0.39, 0.29) is 41.3 Å². The number of benzene rings is 1. The molecule has 0 bridgehead atoms. The zero-order chi connectivity index (χ0) is 12.9. The smallest absolute Gasteiger partial charge is 0.774 e. The number of hydrogen-bond donors (Lipinski definition) is 1. The molecule has 0 fully saturated rings. The van der Waals surface area contributed by atoms with Gasteiger partial charge in [0.1, 0.15) is 5.78 Å². The normalized spacial score (nSPS) is 23.5. The van der Waals surface area contributed by atoms with Crippen LogP contribution in [0.4, 0.5) is 5.69 Å². The van der Waals surface area contributed by atoms with Gasteiger partial charge in [0.05, 0.1) is 11.0 Å². The van der Waals surface area contributed by atoms with Crippen LogP contribution in [-0.4, -0.2) is 16.5 Å². The predicted molar refractivity (Wildman–Crippen MR) is 72.1 cm³/mol. The van der Waals surface area contributed by atoms with Gasteiger partial charge in [0.15, 0.2) is 0 Å². The van der Waals surface area contributed by atoms with Crippen LogP contribution in [0.1, 0.15) is 18.9 Å². The third-order valence-electron chi connectivity index (χ3n) is 3.44. The second kappa shape index (κ2) is 5.05. The Kier molecular flexibility index (Phi) is 3.93. The first-order valence-corrected chi connectivity index (χ1v) is 6.25. The quantitative estimate of drug-likeness (QED) is 0.437. The maximum Gasteiger partial charge on any atom is 1.00 e. The van der Waals surface area contributed by atoms with Crippen molar-refractivity contribution in [3.05, 3.63) is 28.3 Å². The third kappa shape index (κ3) is 2.40. The van der Waals surface area contributed by atoms with Gasteiger partial charge in [-0.05, 0) is 22.9 Å². The molecule has 0 saturated carbocycles. The number of aliphatic imine (C=N–C) groups is 1. The molecule has 0 radical (unpaired) electrons. The van der Waals surface area contributed by atoms with E-state index in [1.807, 2.05) is 25.1 Å². The fourth-order valence-electron chi connectivity index (χ4n) is 2.33. The number of ketones is 1. The molecular weight excluding hydrogens is 269 g/mol. The van der Waals surface area contributed by atoms with E-state index in [0.29, 0.717) is 12.8 Å². The summed E-state index contributed by atoms with van der Waals surface area (Å²) in [5.74, 6) is 0.345. The summed E-state index contributed by atoms with van der Waals surface area (Å²) in [7, 11) is 0. The number of carbonyl (C=O) groups is 1. The summed E-state index contributed by atoms with van der Waals surface area (Å²) in [5, 5.41) is 1.72. The minimum absolute atomic E-state index is 0. The summed E-state index contributed by atoms with van der Waals surface area (Å²) < 4.78 is -0.772. The van der Waals surface area contributed by atoms with Crippen molar-refractivity contribution in [2.75, 3.05) is 0 Å². The molecule has 1 heterocycles. The van der Waals surface area contributed by atoms with Gasteiger partial charge in [-0.3, -0.25) is 0 Å². The van der Waals surface area contributed by atoms with E-state index in [1.54, 1.807) is 0 Å². The van der Waals surface area contributed by atoms with Crippen LogP contribution < -0.4 is 45.9 Å². The molecule has 1 aliphatic carbocycles. The number of nitrogens with zero attached hydrogens (tertiary/aromatic N) is 2. The first-order valence-electron chi connectivity index (χ1n) is 5.84. The van der Waals surface area contributed by atoms with E-state index in [1.165, 1.54) is 0 Å². The Bertz CT molecular complexity index is 713. The van der Waals surface area contributed by atoms with Crippen molar-refractivity contribution in [1.29, 1.82) is 0 Å². The van der Waals surface area contributed by atoms with Crippen molar-refractivity contribution < 1.29 is 34.4 Å². The van der Waals surface area contributed by atoms with Gasteiger partial charge in [-0.1, -0.05) is 24.2 Å². The minimum atomic E-state index is -0.772. The largest absolute Gasteiger partial charge is 1.00 e. The van der Waals surface area contributed by atoms with E-state index < -0.39 is 4.75 Å². The Morgan fingerprint density at radius 1 is 1.42 bits per heavy atom. The summed E-state index contributed by atoms with van der Waals surface area (Å²) in [4.78, 5) is 20.3. The van der Waals surface area contributed by atoms with Crippen LogP contribution in [0.25, 0.3) is 6.08 Å². The van der Waals surface area contributed by atoms with E-state index in [2.05, 4.69) is 9.98 Å². The zero-order valence-electron chi connectivity index (χ0n) is 10.9. The fraction of sp³-hybridized carbons (Fsp3) is 0.308. The first kappa shape index (κ1) is 14.8. The molecule has 6 heteroatoms. The van der Waals surface area contributed by atoms with Crippen LogP contribution in [0.3, 0.4) is 0 Å². The molecule has 1 aromatic carbocycles. The molecule has 1 unspecified atom stereocenters. The average molecular weight is 281 g/mol. The van der Waals surface area contributed by atoms with Crippen LogP contribution >= 0.6 is 0 Å². The van der Waals surface area contributed by atoms with Gasteiger partial charge >= 0.3 is 29.6 Å².